The predicted octanol–water partition coefficient (Wildman–Crippen LogP) is 3.01. The Bertz CT molecular complexity index is 1090. The van der Waals surface area contributed by atoms with Crippen molar-refractivity contribution in [2.24, 2.45) is 4.99 Å². The molecule has 1 amide bonds. The highest BCUT2D eigenvalue weighted by Crippen LogP contribution is 2.41. The summed E-state index contributed by atoms with van der Waals surface area (Å²) < 4.78 is 27.4. The van der Waals surface area contributed by atoms with Gasteiger partial charge in [-0.1, -0.05) is 43.3 Å². The third kappa shape index (κ3) is 4.71. The first-order valence-electron chi connectivity index (χ1n) is 11.0. The summed E-state index contributed by atoms with van der Waals surface area (Å²) in [5, 5.41) is 13.2. The summed E-state index contributed by atoms with van der Waals surface area (Å²) in [5.41, 5.74) is -1.42. The molecule has 2 aromatic rings. The van der Waals surface area contributed by atoms with Crippen molar-refractivity contribution in [3.63, 3.8) is 0 Å². The number of amides is 1. The minimum atomic E-state index is -2.16. The second kappa shape index (κ2) is 9.74. The molecule has 2 aliphatic rings. The van der Waals surface area contributed by atoms with Crippen molar-refractivity contribution in [1.29, 1.82) is 0 Å². The molecular formula is C25H26FN3O5. The summed E-state index contributed by atoms with van der Waals surface area (Å²) in [6, 6.07) is 16.9. The Labute approximate surface area is 196 Å². The van der Waals surface area contributed by atoms with Crippen LogP contribution in [-0.4, -0.2) is 58.2 Å². The molecule has 2 aromatic carbocycles. The van der Waals surface area contributed by atoms with Gasteiger partial charge in [0.05, 0.1) is 5.56 Å². The van der Waals surface area contributed by atoms with E-state index in [0.717, 1.165) is 0 Å². The van der Waals surface area contributed by atoms with Crippen LogP contribution in [0.15, 0.2) is 77.9 Å². The number of benzene rings is 2. The average molecular weight is 467 g/mol. The van der Waals surface area contributed by atoms with Gasteiger partial charge in [0.25, 0.3) is 5.91 Å². The van der Waals surface area contributed by atoms with Crippen molar-refractivity contribution in [2.75, 3.05) is 0 Å². The first kappa shape index (κ1) is 23.6. The molecule has 0 aliphatic carbocycles. The van der Waals surface area contributed by atoms with Crippen molar-refractivity contribution in [3.05, 3.63) is 84.1 Å². The molecule has 178 valence electrons. The highest BCUT2D eigenvalue weighted by atomic mass is 19.1. The minimum Gasteiger partial charge on any atom is -0.452 e. The molecule has 1 saturated heterocycles. The number of halogens is 1. The Kier molecular flexibility index (Phi) is 6.76. The normalized spacial score (nSPS) is 28.4. The number of amidine groups is 1. The van der Waals surface area contributed by atoms with E-state index in [0.29, 0.717) is 17.5 Å². The SMILES string of the molecule is CC[C@H]1O[C@@H](N2C=CC(NC(=O)c3ccccc3)=NC2O)C(C)(F)[C@H]1OC(=O)c1ccccc1. The molecule has 2 aliphatic heterocycles. The molecule has 0 saturated carbocycles. The van der Waals surface area contributed by atoms with Crippen LogP contribution in [0.4, 0.5) is 4.39 Å². The van der Waals surface area contributed by atoms with Gasteiger partial charge < -0.3 is 24.8 Å². The molecule has 5 atom stereocenters. The van der Waals surface area contributed by atoms with Crippen LogP contribution < -0.4 is 5.32 Å². The van der Waals surface area contributed by atoms with Crippen molar-refractivity contribution in [3.8, 4) is 0 Å². The van der Waals surface area contributed by atoms with Gasteiger partial charge in [0.1, 0.15) is 11.9 Å². The molecule has 4 rings (SSSR count). The van der Waals surface area contributed by atoms with E-state index < -0.39 is 42.3 Å². The number of aliphatic hydroxyl groups is 1. The number of aliphatic imine (C=N–C) groups is 1. The predicted molar refractivity (Wildman–Crippen MR) is 122 cm³/mol. The smallest absolute Gasteiger partial charge is 0.338 e. The molecule has 2 unspecified atom stereocenters. The lowest BCUT2D eigenvalue weighted by molar-refractivity contribution is -0.134. The fourth-order valence-corrected chi connectivity index (χ4v) is 4.01. The minimum absolute atomic E-state index is 0.121. The van der Waals surface area contributed by atoms with Gasteiger partial charge in [-0.05, 0) is 43.7 Å². The Balaban J connectivity index is 1.47. The third-order valence-electron chi connectivity index (χ3n) is 5.80. The summed E-state index contributed by atoms with van der Waals surface area (Å²) in [6.07, 6.45) is -1.48. The Morgan fingerprint density at radius 3 is 2.35 bits per heavy atom. The van der Waals surface area contributed by atoms with Crippen LogP contribution >= 0.6 is 0 Å². The van der Waals surface area contributed by atoms with Crippen LogP contribution in [0.1, 0.15) is 41.0 Å². The van der Waals surface area contributed by atoms with Gasteiger partial charge in [0, 0.05) is 11.8 Å². The van der Waals surface area contributed by atoms with E-state index in [1.54, 1.807) is 67.6 Å². The zero-order chi connectivity index (χ0) is 24.3. The van der Waals surface area contributed by atoms with Crippen molar-refractivity contribution >= 4 is 17.7 Å². The molecule has 0 spiro atoms. The van der Waals surface area contributed by atoms with E-state index in [4.69, 9.17) is 9.47 Å². The molecule has 0 aromatic heterocycles. The van der Waals surface area contributed by atoms with Gasteiger partial charge in [0.2, 0.25) is 6.35 Å². The van der Waals surface area contributed by atoms with E-state index >= 15 is 4.39 Å². The second-order valence-electron chi connectivity index (χ2n) is 8.22. The first-order valence-corrected chi connectivity index (χ1v) is 11.0. The Morgan fingerprint density at radius 2 is 1.76 bits per heavy atom. The molecule has 34 heavy (non-hydrogen) atoms. The number of nitrogens with zero attached hydrogens (tertiary/aromatic N) is 2. The lowest BCUT2D eigenvalue weighted by Crippen LogP contribution is -2.53. The lowest BCUT2D eigenvalue weighted by atomic mass is 9.96. The number of esters is 1. The van der Waals surface area contributed by atoms with Crippen LogP contribution in [0.25, 0.3) is 0 Å². The first-order chi connectivity index (χ1) is 16.3. The second-order valence-corrected chi connectivity index (χ2v) is 8.22. The molecule has 1 fully saturated rings. The maximum absolute atomic E-state index is 16.0. The van der Waals surface area contributed by atoms with Gasteiger partial charge in [-0.15, -0.1) is 0 Å². The number of hydrogen-bond acceptors (Lipinski definition) is 7. The highest BCUT2D eigenvalue weighted by molar-refractivity contribution is 6.10. The number of rotatable bonds is 5. The summed E-state index contributed by atoms with van der Waals surface area (Å²) in [5.74, 6) is -0.929. The monoisotopic (exact) mass is 467 g/mol. The summed E-state index contributed by atoms with van der Waals surface area (Å²) >= 11 is 0. The number of aliphatic hydroxyl groups excluding tert-OH is 1. The molecular weight excluding hydrogens is 441 g/mol. The summed E-state index contributed by atoms with van der Waals surface area (Å²) in [4.78, 5) is 30.2. The van der Waals surface area contributed by atoms with Crippen LogP contribution in [-0.2, 0) is 9.47 Å². The average Bonchev–Trinajstić information content (AvgIpc) is 3.09. The van der Waals surface area contributed by atoms with Crippen molar-refractivity contribution in [2.45, 2.75) is 50.7 Å². The van der Waals surface area contributed by atoms with E-state index in [2.05, 4.69) is 10.3 Å². The standard InChI is InChI=1S/C25H26FN3O5/c1-3-18-20(34-22(31)17-12-8-5-9-13-17)25(2,26)23(33-18)29-15-14-19(28-24(29)32)27-21(30)16-10-6-4-7-11-16/h4-15,18,20,23-24,32H,3H2,1-2H3,(H,27,28,30)/t18-,20+,23-,24?,25?/m1/s1. The Morgan fingerprint density at radius 1 is 1.15 bits per heavy atom. The van der Waals surface area contributed by atoms with Crippen LogP contribution in [0, 0.1) is 0 Å². The number of nitrogens with one attached hydrogen (secondary N) is 1. The maximum Gasteiger partial charge on any atom is 0.338 e. The molecule has 2 N–H and O–H groups in total. The van der Waals surface area contributed by atoms with Gasteiger partial charge in [-0.3, -0.25) is 4.79 Å². The van der Waals surface area contributed by atoms with E-state index in [1.807, 2.05) is 0 Å². The van der Waals surface area contributed by atoms with E-state index in [9.17, 15) is 14.7 Å². The zero-order valence-corrected chi connectivity index (χ0v) is 18.8. The largest absolute Gasteiger partial charge is 0.452 e. The molecule has 9 heteroatoms. The van der Waals surface area contributed by atoms with Gasteiger partial charge in [-0.25, -0.2) is 14.2 Å². The number of carbonyl (C=O) groups is 2. The number of alkyl halides is 1. The van der Waals surface area contributed by atoms with Crippen molar-refractivity contribution < 1.29 is 28.6 Å². The molecule has 2 heterocycles. The van der Waals surface area contributed by atoms with Crippen LogP contribution in [0.2, 0.25) is 0 Å². The zero-order valence-electron chi connectivity index (χ0n) is 18.8. The topological polar surface area (TPSA) is 100 Å². The van der Waals surface area contributed by atoms with Gasteiger partial charge in [0.15, 0.2) is 18.0 Å². The molecule has 0 radical (unpaired) electrons. The van der Waals surface area contributed by atoms with E-state index in [1.165, 1.54) is 24.1 Å². The number of carbonyl (C=O) groups excluding carboxylic acids is 2. The molecule has 8 nitrogen and oxygen atoms in total. The summed E-state index contributed by atoms with van der Waals surface area (Å²) in [7, 11) is 0. The number of hydrogen-bond donors (Lipinski definition) is 2. The quantitative estimate of drug-likeness (QED) is 0.656. The third-order valence-corrected chi connectivity index (χ3v) is 5.80. The van der Waals surface area contributed by atoms with Gasteiger partial charge >= 0.3 is 5.97 Å². The van der Waals surface area contributed by atoms with E-state index in [-0.39, 0.29) is 5.84 Å². The fourth-order valence-electron chi connectivity index (χ4n) is 4.01. The fraction of sp³-hybridized carbons (Fsp3) is 0.320. The molecule has 0 bridgehead atoms. The van der Waals surface area contributed by atoms with Crippen molar-refractivity contribution in [1.82, 2.24) is 10.2 Å². The Hall–Kier alpha value is -3.56. The summed E-state index contributed by atoms with van der Waals surface area (Å²) in [6.45, 7) is 3.07. The van der Waals surface area contributed by atoms with Crippen LogP contribution in [0.3, 0.4) is 0 Å². The highest BCUT2D eigenvalue weighted by Gasteiger charge is 2.59. The number of ether oxygens (including phenoxy) is 2. The van der Waals surface area contributed by atoms with Crippen LogP contribution in [0.5, 0.6) is 0 Å². The lowest BCUT2D eigenvalue weighted by Gasteiger charge is -2.36. The van der Waals surface area contributed by atoms with Gasteiger partial charge in [-0.2, -0.15) is 0 Å². The maximum atomic E-state index is 16.0.